The number of hydrogen-bond acceptors (Lipinski definition) is 3. The number of thiol groups is 1. The summed E-state index contributed by atoms with van der Waals surface area (Å²) in [6, 6.07) is 0. The van der Waals surface area contributed by atoms with Crippen LogP contribution in [-0.4, -0.2) is 33.1 Å². The molecule has 0 aromatic carbocycles. The maximum atomic E-state index is 10.2. The Bertz CT molecular complexity index is 138. The molecule has 4 nitrogen and oxygen atoms in total. The molecule has 62 valence electrons. The molecular formula is C5H13NO3S. The molecule has 0 aliphatic heterocycles. The maximum Gasteiger partial charge on any atom is 0.205 e. The highest BCUT2D eigenvalue weighted by Gasteiger charge is 1.96. The third-order valence-electron chi connectivity index (χ3n) is 0.905. The van der Waals surface area contributed by atoms with Gasteiger partial charge >= 0.3 is 0 Å². The van der Waals surface area contributed by atoms with Crippen LogP contribution in [0.1, 0.15) is 13.3 Å². The van der Waals surface area contributed by atoms with Gasteiger partial charge in [0.2, 0.25) is 10.9 Å². The van der Waals surface area contributed by atoms with Crippen molar-refractivity contribution in [2.75, 3.05) is 20.4 Å². The fourth-order valence-corrected chi connectivity index (χ4v) is 0.564. The molecule has 0 aliphatic carbocycles. The molecule has 0 radical (unpaired) electrons. The van der Waals surface area contributed by atoms with E-state index in [2.05, 4.69) is 0 Å². The lowest BCUT2D eigenvalue weighted by molar-refractivity contribution is 0.0833. The summed E-state index contributed by atoms with van der Waals surface area (Å²) in [4.78, 5) is 0. The zero-order valence-corrected chi connectivity index (χ0v) is 7.13. The van der Waals surface area contributed by atoms with Crippen molar-refractivity contribution in [3.63, 3.8) is 0 Å². The Balaban J connectivity index is 3.30. The van der Waals surface area contributed by atoms with E-state index in [1.807, 2.05) is 6.92 Å². The van der Waals surface area contributed by atoms with Gasteiger partial charge in [0.05, 0.1) is 0 Å². The molecular weight excluding hydrogens is 154 g/mol. The number of ether oxygens (including phenoxy) is 1. The van der Waals surface area contributed by atoms with Crippen LogP contribution in [0.15, 0.2) is 0 Å². The molecule has 0 aliphatic rings. The highest BCUT2D eigenvalue weighted by Crippen LogP contribution is 1.84. The molecule has 0 atom stereocenters. The zero-order valence-electron chi connectivity index (χ0n) is 6.24. The van der Waals surface area contributed by atoms with Gasteiger partial charge in [0.25, 0.3) is 0 Å². The molecule has 0 N–H and O–H groups in total. The van der Waals surface area contributed by atoms with Gasteiger partial charge in [0.1, 0.15) is 6.73 Å². The highest BCUT2D eigenvalue weighted by atomic mass is 32.2. The van der Waals surface area contributed by atoms with Gasteiger partial charge in [-0.15, -0.1) is 0 Å². The average molecular weight is 167 g/mol. The smallest absolute Gasteiger partial charge is 0.205 e. The summed E-state index contributed by atoms with van der Waals surface area (Å²) in [5.41, 5.74) is 0. The molecule has 0 spiro atoms. The Kier molecular flexibility index (Phi) is 5.57. The first kappa shape index (κ1) is 9.87. The van der Waals surface area contributed by atoms with E-state index in [1.54, 1.807) is 0 Å². The van der Waals surface area contributed by atoms with Gasteiger partial charge in [-0.3, -0.25) is 0 Å². The first-order valence-corrected chi connectivity index (χ1v) is 4.24. The predicted octanol–water partition coefficient (Wildman–Crippen LogP) is -0.171. The van der Waals surface area contributed by atoms with Crippen molar-refractivity contribution in [2.24, 2.45) is 0 Å². The zero-order chi connectivity index (χ0) is 7.98. The van der Waals surface area contributed by atoms with Crippen LogP contribution in [-0.2, 0) is 15.6 Å². The number of nitrogens with zero attached hydrogens (tertiary/aromatic N) is 1. The molecule has 0 saturated carbocycles. The second-order valence-electron chi connectivity index (χ2n) is 1.93. The molecule has 0 bridgehead atoms. The van der Waals surface area contributed by atoms with Crippen LogP contribution in [0.5, 0.6) is 0 Å². The first-order chi connectivity index (χ1) is 4.68. The fraction of sp³-hybridized carbons (Fsp3) is 1.00. The summed E-state index contributed by atoms with van der Waals surface area (Å²) in [5.74, 6) is 0. The summed E-state index contributed by atoms with van der Waals surface area (Å²) in [6.45, 7) is 2.73. The van der Waals surface area contributed by atoms with Crippen molar-refractivity contribution in [1.29, 1.82) is 0 Å². The van der Waals surface area contributed by atoms with Crippen LogP contribution in [0.4, 0.5) is 0 Å². The Morgan fingerprint density at radius 2 is 2.10 bits per heavy atom. The molecule has 10 heavy (non-hydrogen) atoms. The van der Waals surface area contributed by atoms with Crippen molar-refractivity contribution < 1.29 is 13.2 Å². The molecule has 0 saturated heterocycles. The van der Waals surface area contributed by atoms with E-state index in [0.717, 1.165) is 10.7 Å². The SMILES string of the molecule is CCCOCN(C)[SH](=O)=O. The van der Waals surface area contributed by atoms with Gasteiger partial charge in [0, 0.05) is 13.7 Å². The normalized spacial score (nSPS) is 11.2. The van der Waals surface area contributed by atoms with Crippen LogP contribution in [0.2, 0.25) is 0 Å². The van der Waals surface area contributed by atoms with E-state index in [0.29, 0.717) is 6.61 Å². The second-order valence-corrected chi connectivity index (χ2v) is 3.09. The van der Waals surface area contributed by atoms with Gasteiger partial charge in [-0.05, 0) is 6.42 Å². The summed E-state index contributed by atoms with van der Waals surface area (Å²) >= 11 is 0. The summed E-state index contributed by atoms with van der Waals surface area (Å²) in [6.07, 6.45) is 0.906. The molecule has 0 unspecified atom stereocenters. The van der Waals surface area contributed by atoms with Crippen LogP contribution >= 0.6 is 0 Å². The Morgan fingerprint density at radius 3 is 2.50 bits per heavy atom. The lowest BCUT2D eigenvalue weighted by atomic mass is 10.5. The van der Waals surface area contributed by atoms with Crippen molar-refractivity contribution in [3.05, 3.63) is 0 Å². The van der Waals surface area contributed by atoms with Crippen LogP contribution < -0.4 is 0 Å². The third kappa shape index (κ3) is 4.72. The summed E-state index contributed by atoms with van der Waals surface area (Å²) < 4.78 is 26.4. The van der Waals surface area contributed by atoms with E-state index < -0.39 is 10.9 Å². The standard InChI is InChI=1S/C5H13NO3S/c1-3-4-9-5-6(2)10(7)8/h10H,3-5H2,1-2H3. The van der Waals surface area contributed by atoms with E-state index in [9.17, 15) is 8.42 Å². The maximum absolute atomic E-state index is 10.2. The van der Waals surface area contributed by atoms with Crippen molar-refractivity contribution >= 4 is 10.9 Å². The van der Waals surface area contributed by atoms with Crippen molar-refractivity contribution in [1.82, 2.24) is 4.31 Å². The lowest BCUT2D eigenvalue weighted by Crippen LogP contribution is -2.19. The van der Waals surface area contributed by atoms with Crippen molar-refractivity contribution in [2.45, 2.75) is 13.3 Å². The summed E-state index contributed by atoms with van der Waals surface area (Å²) in [5, 5.41) is 0. The monoisotopic (exact) mass is 167 g/mol. The quantitative estimate of drug-likeness (QED) is 0.351. The van der Waals surface area contributed by atoms with E-state index in [4.69, 9.17) is 4.74 Å². The first-order valence-electron chi connectivity index (χ1n) is 3.11. The van der Waals surface area contributed by atoms with Gasteiger partial charge in [0.15, 0.2) is 0 Å². The van der Waals surface area contributed by atoms with Crippen LogP contribution in [0, 0.1) is 0 Å². The molecule has 0 rings (SSSR count). The van der Waals surface area contributed by atoms with Gasteiger partial charge in [-0.2, -0.15) is 4.31 Å². The molecule has 0 heterocycles. The third-order valence-corrected chi connectivity index (χ3v) is 1.58. The lowest BCUT2D eigenvalue weighted by Gasteiger charge is -2.07. The Labute approximate surface area is 62.9 Å². The number of rotatable bonds is 5. The summed E-state index contributed by atoms with van der Waals surface area (Å²) in [7, 11) is -0.996. The van der Waals surface area contributed by atoms with Gasteiger partial charge in [-0.25, -0.2) is 8.42 Å². The van der Waals surface area contributed by atoms with Crippen molar-refractivity contribution in [3.8, 4) is 0 Å². The largest absolute Gasteiger partial charge is 0.365 e. The topological polar surface area (TPSA) is 46.6 Å². The molecule has 0 fully saturated rings. The predicted molar refractivity (Wildman–Crippen MR) is 39.2 cm³/mol. The minimum atomic E-state index is -2.47. The van der Waals surface area contributed by atoms with E-state index >= 15 is 0 Å². The van der Waals surface area contributed by atoms with Crippen LogP contribution in [0.3, 0.4) is 0 Å². The second kappa shape index (κ2) is 5.64. The fourth-order valence-electron chi connectivity index (χ4n) is 0.388. The van der Waals surface area contributed by atoms with Gasteiger partial charge in [-0.1, -0.05) is 6.92 Å². The Hall–Kier alpha value is -0.130. The molecule has 0 aromatic rings. The number of hydrogen-bond donors (Lipinski definition) is 1. The molecule has 0 amide bonds. The minimum absolute atomic E-state index is 0.159. The van der Waals surface area contributed by atoms with Crippen LogP contribution in [0.25, 0.3) is 0 Å². The highest BCUT2D eigenvalue weighted by molar-refractivity contribution is 7.69. The molecule has 5 heteroatoms. The Morgan fingerprint density at radius 1 is 1.50 bits per heavy atom. The van der Waals surface area contributed by atoms with E-state index in [1.165, 1.54) is 7.05 Å². The molecule has 0 aromatic heterocycles. The average Bonchev–Trinajstić information content (AvgIpc) is 1.88. The van der Waals surface area contributed by atoms with Gasteiger partial charge < -0.3 is 4.74 Å². The van der Waals surface area contributed by atoms with E-state index in [-0.39, 0.29) is 6.73 Å². The minimum Gasteiger partial charge on any atom is -0.365 e.